The van der Waals surface area contributed by atoms with Gasteiger partial charge in [-0.1, -0.05) is 6.92 Å². The number of hydrogen-bond acceptors (Lipinski definition) is 9. The third-order valence-electron chi connectivity index (χ3n) is 4.59. The molecule has 180 valence electrons. The third-order valence-corrected chi connectivity index (χ3v) is 4.59. The molecule has 0 aliphatic heterocycles. The van der Waals surface area contributed by atoms with Gasteiger partial charge in [0.1, 0.15) is 17.2 Å². The molecule has 0 aromatic heterocycles. The number of rotatable bonds is 10. The van der Waals surface area contributed by atoms with E-state index in [-0.39, 0.29) is 30.6 Å². The van der Waals surface area contributed by atoms with Crippen LogP contribution < -0.4 is 20.2 Å². The number of carbonyl (C=O) groups excluding carboxylic acids is 2. The lowest BCUT2D eigenvalue weighted by atomic mass is 10.2. The van der Waals surface area contributed by atoms with Crippen molar-refractivity contribution in [1.82, 2.24) is 5.43 Å². The number of nitrogens with one attached hydrogen (secondary N) is 2. The van der Waals surface area contributed by atoms with Crippen LogP contribution in [0.4, 0.5) is 17.1 Å². The second-order valence-corrected chi connectivity index (χ2v) is 7.14. The van der Waals surface area contributed by atoms with Gasteiger partial charge in [-0.25, -0.2) is 5.43 Å². The summed E-state index contributed by atoms with van der Waals surface area (Å²) >= 11 is 0. The molecule has 1 amide bonds. The first-order valence-corrected chi connectivity index (χ1v) is 10.7. The molecule has 35 heavy (non-hydrogen) atoms. The number of nitrogens with zero attached hydrogens (tertiary/aromatic N) is 3. The predicted octanol–water partition coefficient (Wildman–Crippen LogP) is 4.69. The lowest BCUT2D eigenvalue weighted by molar-refractivity contribution is -0.134. The predicted molar refractivity (Wildman–Crippen MR) is 132 cm³/mol. The Bertz CT molecular complexity index is 1210. The molecule has 0 atom stereocenters. The Morgan fingerprint density at radius 1 is 0.943 bits per heavy atom. The van der Waals surface area contributed by atoms with E-state index in [4.69, 9.17) is 9.47 Å². The molecule has 0 saturated heterocycles. The van der Waals surface area contributed by atoms with Crippen LogP contribution in [0.15, 0.2) is 82.1 Å². The van der Waals surface area contributed by atoms with Crippen LogP contribution in [0.3, 0.4) is 0 Å². The zero-order chi connectivity index (χ0) is 25.0. The number of methoxy groups -OCH3 is 1. The van der Waals surface area contributed by atoms with E-state index in [1.807, 2.05) is 0 Å². The number of carbonyl (C=O) groups is 2. The summed E-state index contributed by atoms with van der Waals surface area (Å²) in [5.41, 5.74) is 4.54. The van der Waals surface area contributed by atoms with Crippen LogP contribution in [-0.4, -0.2) is 36.9 Å². The molecule has 0 unspecified atom stereocenters. The lowest BCUT2D eigenvalue weighted by Crippen LogP contribution is -2.25. The summed E-state index contributed by atoms with van der Waals surface area (Å²) in [5.74, 6) is 0.446. The molecule has 3 aromatic rings. The van der Waals surface area contributed by atoms with Crippen LogP contribution in [0.5, 0.6) is 17.2 Å². The molecule has 10 heteroatoms. The van der Waals surface area contributed by atoms with E-state index in [0.29, 0.717) is 22.7 Å². The summed E-state index contributed by atoms with van der Waals surface area (Å²) in [4.78, 5) is 23.3. The number of azo groups is 1. The fourth-order valence-corrected chi connectivity index (χ4v) is 2.71. The first kappa shape index (κ1) is 24.9. The molecular weight excluding hydrogens is 450 g/mol. The van der Waals surface area contributed by atoms with E-state index in [1.54, 1.807) is 74.7 Å². The molecule has 0 saturated carbocycles. The van der Waals surface area contributed by atoms with Crippen LogP contribution >= 0.6 is 0 Å². The van der Waals surface area contributed by atoms with E-state index in [2.05, 4.69) is 26.1 Å². The molecule has 0 radical (unpaired) electrons. The number of benzene rings is 3. The summed E-state index contributed by atoms with van der Waals surface area (Å²) in [7, 11) is 1.58. The molecule has 3 N–H and O–H groups in total. The van der Waals surface area contributed by atoms with Crippen molar-refractivity contribution in [2.75, 3.05) is 19.0 Å². The SMILES string of the molecule is CCC(=O)Oc1ccc(N=Nc2ccc(O)c(/C=N\NC(=O)CNc3ccc(OC)cc3)c2)cc1. The first-order valence-electron chi connectivity index (χ1n) is 10.7. The van der Waals surface area contributed by atoms with Gasteiger partial charge in [0.2, 0.25) is 0 Å². The van der Waals surface area contributed by atoms with Gasteiger partial charge >= 0.3 is 5.97 Å². The third kappa shape index (κ3) is 7.97. The van der Waals surface area contributed by atoms with Crippen LogP contribution in [-0.2, 0) is 9.59 Å². The van der Waals surface area contributed by atoms with Crippen molar-refractivity contribution in [2.45, 2.75) is 13.3 Å². The molecule has 0 aliphatic rings. The number of amides is 1. The van der Waals surface area contributed by atoms with Crippen LogP contribution in [0.25, 0.3) is 0 Å². The number of ether oxygens (including phenoxy) is 2. The Morgan fingerprint density at radius 3 is 2.29 bits per heavy atom. The Kier molecular flexibility index (Phi) is 8.89. The summed E-state index contributed by atoms with van der Waals surface area (Å²) < 4.78 is 10.2. The minimum absolute atomic E-state index is 0.0142. The fourth-order valence-electron chi connectivity index (χ4n) is 2.71. The fraction of sp³-hybridized carbons (Fsp3) is 0.160. The molecule has 0 heterocycles. The second-order valence-electron chi connectivity index (χ2n) is 7.14. The van der Waals surface area contributed by atoms with Gasteiger partial charge in [0.05, 0.1) is 31.2 Å². The van der Waals surface area contributed by atoms with Crippen molar-refractivity contribution in [1.29, 1.82) is 0 Å². The minimum Gasteiger partial charge on any atom is -0.507 e. The Hall–Kier alpha value is -4.73. The number of aromatic hydroxyl groups is 1. The average Bonchev–Trinajstić information content (AvgIpc) is 2.88. The first-order chi connectivity index (χ1) is 17.0. The van der Waals surface area contributed by atoms with Gasteiger partial charge in [-0.3, -0.25) is 9.59 Å². The molecular formula is C25H25N5O5. The van der Waals surface area contributed by atoms with Gasteiger partial charge in [-0.05, 0) is 66.7 Å². The van der Waals surface area contributed by atoms with Crippen molar-refractivity contribution in [2.24, 2.45) is 15.3 Å². The maximum absolute atomic E-state index is 12.0. The topological polar surface area (TPSA) is 134 Å². The van der Waals surface area contributed by atoms with E-state index in [0.717, 1.165) is 11.4 Å². The van der Waals surface area contributed by atoms with Gasteiger partial charge in [-0.2, -0.15) is 15.3 Å². The van der Waals surface area contributed by atoms with Gasteiger partial charge in [-0.15, -0.1) is 0 Å². The maximum Gasteiger partial charge on any atom is 0.310 e. The van der Waals surface area contributed by atoms with E-state index >= 15 is 0 Å². The number of phenolic OH excluding ortho intramolecular Hbond substituents is 1. The van der Waals surface area contributed by atoms with Crippen molar-refractivity contribution >= 4 is 35.2 Å². The highest BCUT2D eigenvalue weighted by molar-refractivity contribution is 5.87. The van der Waals surface area contributed by atoms with E-state index in [9.17, 15) is 14.7 Å². The highest BCUT2D eigenvalue weighted by atomic mass is 16.5. The van der Waals surface area contributed by atoms with E-state index < -0.39 is 0 Å². The standard InChI is InChI=1S/C25H25N5O5/c1-3-25(33)35-22-11-6-19(7-12-22)28-29-20-8-13-23(31)17(14-20)15-27-30-24(32)16-26-18-4-9-21(34-2)10-5-18/h4-15,26,31H,3,16H2,1-2H3,(H,30,32)/b27-15-,29-28?. The lowest BCUT2D eigenvalue weighted by Gasteiger charge is -2.06. The summed E-state index contributed by atoms with van der Waals surface area (Å²) in [5, 5.41) is 25.2. The van der Waals surface area contributed by atoms with Gasteiger partial charge < -0.3 is 19.9 Å². The quantitative estimate of drug-likeness (QED) is 0.128. The molecule has 10 nitrogen and oxygen atoms in total. The number of phenols is 1. The molecule has 3 rings (SSSR count). The highest BCUT2D eigenvalue weighted by Crippen LogP contribution is 2.25. The van der Waals surface area contributed by atoms with Crippen molar-refractivity contribution < 1.29 is 24.2 Å². The van der Waals surface area contributed by atoms with Gasteiger partial charge in [0, 0.05) is 17.7 Å². The number of hydrazone groups is 1. The molecule has 0 fully saturated rings. The Balaban J connectivity index is 1.54. The summed E-state index contributed by atoms with van der Waals surface area (Å²) in [6.45, 7) is 1.73. The average molecular weight is 476 g/mol. The zero-order valence-corrected chi connectivity index (χ0v) is 19.3. The van der Waals surface area contributed by atoms with Crippen LogP contribution in [0, 0.1) is 0 Å². The smallest absolute Gasteiger partial charge is 0.310 e. The van der Waals surface area contributed by atoms with Crippen molar-refractivity contribution in [3.05, 3.63) is 72.3 Å². The van der Waals surface area contributed by atoms with E-state index in [1.165, 1.54) is 12.3 Å². The monoisotopic (exact) mass is 475 g/mol. The molecule has 0 bridgehead atoms. The second kappa shape index (κ2) is 12.5. The molecule has 0 spiro atoms. The molecule has 0 aliphatic carbocycles. The number of hydrogen-bond donors (Lipinski definition) is 3. The summed E-state index contributed by atoms with van der Waals surface area (Å²) in [6, 6.07) is 18.4. The van der Waals surface area contributed by atoms with Gasteiger partial charge in [0.25, 0.3) is 5.91 Å². The Morgan fingerprint density at radius 2 is 1.60 bits per heavy atom. The normalized spacial score (nSPS) is 10.9. The van der Waals surface area contributed by atoms with Crippen LogP contribution in [0.2, 0.25) is 0 Å². The molecule has 3 aromatic carbocycles. The maximum atomic E-state index is 12.0. The highest BCUT2D eigenvalue weighted by Gasteiger charge is 2.04. The summed E-state index contributed by atoms with van der Waals surface area (Å²) in [6.07, 6.45) is 1.61. The van der Waals surface area contributed by atoms with Crippen molar-refractivity contribution in [3.8, 4) is 17.2 Å². The van der Waals surface area contributed by atoms with Crippen LogP contribution in [0.1, 0.15) is 18.9 Å². The van der Waals surface area contributed by atoms with Gasteiger partial charge in [0.15, 0.2) is 0 Å². The minimum atomic E-state index is -0.361. The number of esters is 1. The largest absolute Gasteiger partial charge is 0.507 e. The zero-order valence-electron chi connectivity index (χ0n) is 19.3. The number of anilines is 1. The van der Waals surface area contributed by atoms with Crippen molar-refractivity contribution in [3.63, 3.8) is 0 Å². The Labute approximate surface area is 202 Å².